The number of anilines is 1. The molecule has 0 spiro atoms. The van der Waals surface area contributed by atoms with Gasteiger partial charge in [0.1, 0.15) is 12.6 Å². The maximum absolute atomic E-state index is 13.1. The second kappa shape index (κ2) is 8.31. The van der Waals surface area contributed by atoms with Crippen LogP contribution in [0.2, 0.25) is 0 Å². The number of amides is 1. The number of hydrogen-bond acceptors (Lipinski definition) is 4. The van der Waals surface area contributed by atoms with Gasteiger partial charge in [0.2, 0.25) is 5.91 Å². The van der Waals surface area contributed by atoms with Crippen molar-refractivity contribution in [1.29, 1.82) is 5.26 Å². The lowest BCUT2D eigenvalue weighted by atomic mass is 10.2. The summed E-state index contributed by atoms with van der Waals surface area (Å²) in [6.07, 6.45) is -4.63. The van der Waals surface area contributed by atoms with E-state index in [0.29, 0.717) is 0 Å². The fourth-order valence-electron chi connectivity index (χ4n) is 2.40. The molecule has 148 valence electrons. The summed E-state index contributed by atoms with van der Waals surface area (Å²) in [7, 11) is -4.30. The lowest BCUT2D eigenvalue weighted by molar-refractivity contribution is -0.138. The van der Waals surface area contributed by atoms with Gasteiger partial charge in [0.15, 0.2) is 0 Å². The molecule has 0 fully saturated rings. The summed E-state index contributed by atoms with van der Waals surface area (Å²) in [5, 5.41) is 10.6. The van der Waals surface area contributed by atoms with Crippen LogP contribution in [-0.4, -0.2) is 33.1 Å². The highest BCUT2D eigenvalue weighted by molar-refractivity contribution is 7.92. The van der Waals surface area contributed by atoms with Crippen LogP contribution in [0.25, 0.3) is 0 Å². The zero-order chi connectivity index (χ0) is 20.9. The first kappa shape index (κ1) is 21.2. The summed E-state index contributed by atoms with van der Waals surface area (Å²) in [5.41, 5.74) is 0.350. The molecule has 6 nitrogen and oxygen atoms in total. The summed E-state index contributed by atoms with van der Waals surface area (Å²) in [4.78, 5) is 12.0. The summed E-state index contributed by atoms with van der Waals surface area (Å²) in [5.74, 6) is -1.10. The summed E-state index contributed by atoms with van der Waals surface area (Å²) < 4.78 is 64.2. The average molecular weight is 411 g/mol. The molecule has 0 aliphatic carbocycles. The van der Waals surface area contributed by atoms with Crippen molar-refractivity contribution in [3.63, 3.8) is 0 Å². The number of halogens is 3. The molecule has 0 heterocycles. The predicted molar refractivity (Wildman–Crippen MR) is 95.8 cm³/mol. The molecule has 10 heteroatoms. The van der Waals surface area contributed by atoms with Crippen LogP contribution in [0.1, 0.15) is 12.5 Å². The summed E-state index contributed by atoms with van der Waals surface area (Å²) in [6, 6.07) is 13.0. The monoisotopic (exact) mass is 411 g/mol. The van der Waals surface area contributed by atoms with E-state index in [9.17, 15) is 26.4 Å². The number of hydrogen-bond donors (Lipinski definition) is 1. The van der Waals surface area contributed by atoms with E-state index in [1.807, 2.05) is 6.07 Å². The minimum atomic E-state index is -4.63. The standard InChI is InChI=1S/C18H16F3N3O3S/c1-13(17(25)23-12-18(19,20)21)24(15-5-3-2-4-6-15)28(26,27)16-9-7-14(11-22)8-10-16/h2-10,13H,12H2,1H3,(H,23,25)/t13-/m0/s1. The zero-order valence-electron chi connectivity index (χ0n) is 14.6. The Morgan fingerprint density at radius 2 is 1.71 bits per heavy atom. The van der Waals surface area contributed by atoms with Crippen LogP contribution in [-0.2, 0) is 14.8 Å². The Kier molecular flexibility index (Phi) is 6.30. The summed E-state index contributed by atoms with van der Waals surface area (Å²) in [6.45, 7) is -0.379. The minimum Gasteiger partial charge on any atom is -0.345 e. The van der Waals surface area contributed by atoms with E-state index < -0.39 is 34.7 Å². The van der Waals surface area contributed by atoms with Gasteiger partial charge >= 0.3 is 6.18 Å². The highest BCUT2D eigenvalue weighted by Gasteiger charge is 2.35. The molecular weight excluding hydrogens is 395 g/mol. The lowest BCUT2D eigenvalue weighted by Crippen LogP contribution is -2.49. The number of sulfonamides is 1. The van der Waals surface area contributed by atoms with Crippen molar-refractivity contribution in [2.75, 3.05) is 10.8 Å². The van der Waals surface area contributed by atoms with Crippen LogP contribution in [0.3, 0.4) is 0 Å². The van der Waals surface area contributed by atoms with Crippen LogP contribution < -0.4 is 9.62 Å². The van der Waals surface area contributed by atoms with Gasteiger partial charge in [-0.3, -0.25) is 9.10 Å². The Bertz CT molecular complexity index is 969. The maximum atomic E-state index is 13.1. The molecule has 2 aromatic rings. The molecule has 28 heavy (non-hydrogen) atoms. The molecule has 0 aliphatic heterocycles. The van der Waals surface area contributed by atoms with Crippen LogP contribution >= 0.6 is 0 Å². The van der Waals surface area contributed by atoms with Crippen molar-refractivity contribution >= 4 is 21.6 Å². The quantitative estimate of drug-likeness (QED) is 0.792. The number of benzene rings is 2. The van der Waals surface area contributed by atoms with Crippen LogP contribution in [0, 0.1) is 11.3 Å². The van der Waals surface area contributed by atoms with E-state index in [-0.39, 0.29) is 16.1 Å². The summed E-state index contributed by atoms with van der Waals surface area (Å²) >= 11 is 0. The molecule has 0 saturated heterocycles. The zero-order valence-corrected chi connectivity index (χ0v) is 15.5. The Labute approximate surface area is 160 Å². The van der Waals surface area contributed by atoms with Crippen LogP contribution in [0.4, 0.5) is 18.9 Å². The fourth-order valence-corrected chi connectivity index (χ4v) is 4.02. The molecule has 0 bridgehead atoms. The second-order valence-electron chi connectivity index (χ2n) is 5.78. The van der Waals surface area contributed by atoms with Gasteiger partial charge in [-0.1, -0.05) is 18.2 Å². The number of alkyl halides is 3. The lowest BCUT2D eigenvalue weighted by Gasteiger charge is -2.29. The van der Waals surface area contributed by atoms with Crippen molar-refractivity contribution in [2.45, 2.75) is 24.0 Å². The van der Waals surface area contributed by atoms with Gasteiger partial charge in [0, 0.05) is 0 Å². The van der Waals surface area contributed by atoms with E-state index >= 15 is 0 Å². The van der Waals surface area contributed by atoms with Crippen LogP contribution in [0.15, 0.2) is 59.5 Å². The van der Waals surface area contributed by atoms with Gasteiger partial charge in [0.05, 0.1) is 22.2 Å². The first-order chi connectivity index (χ1) is 13.1. The molecule has 0 unspecified atom stereocenters. The van der Waals surface area contributed by atoms with E-state index in [1.54, 1.807) is 11.4 Å². The molecule has 0 saturated carbocycles. The Balaban J connectivity index is 2.44. The predicted octanol–water partition coefficient (Wildman–Crippen LogP) is 2.82. The number of carbonyl (C=O) groups is 1. The van der Waals surface area contributed by atoms with Crippen molar-refractivity contribution in [3.05, 3.63) is 60.2 Å². The SMILES string of the molecule is C[C@@H](C(=O)NCC(F)(F)F)N(c1ccccc1)S(=O)(=O)c1ccc(C#N)cc1. The molecular formula is C18H16F3N3O3S. The van der Waals surface area contributed by atoms with Crippen molar-refractivity contribution in [1.82, 2.24) is 5.32 Å². The Hall–Kier alpha value is -3.06. The fraction of sp³-hybridized carbons (Fsp3) is 0.222. The number of nitriles is 1. The smallest absolute Gasteiger partial charge is 0.345 e. The number of rotatable bonds is 6. The van der Waals surface area contributed by atoms with Crippen molar-refractivity contribution in [3.8, 4) is 6.07 Å². The maximum Gasteiger partial charge on any atom is 0.405 e. The molecule has 2 aromatic carbocycles. The number of nitrogens with zero attached hydrogens (tertiary/aromatic N) is 2. The average Bonchev–Trinajstić information content (AvgIpc) is 2.66. The Morgan fingerprint density at radius 3 is 2.21 bits per heavy atom. The molecule has 2 rings (SSSR count). The van der Waals surface area contributed by atoms with Crippen molar-refractivity contribution in [2.24, 2.45) is 0 Å². The van der Waals surface area contributed by atoms with Gasteiger partial charge in [-0.25, -0.2) is 8.42 Å². The first-order valence-electron chi connectivity index (χ1n) is 8.00. The van der Waals surface area contributed by atoms with E-state index in [1.165, 1.54) is 55.5 Å². The van der Waals surface area contributed by atoms with Gasteiger partial charge in [-0.15, -0.1) is 0 Å². The van der Waals surface area contributed by atoms with Crippen molar-refractivity contribution < 1.29 is 26.4 Å². The molecule has 1 N–H and O–H groups in total. The highest BCUT2D eigenvalue weighted by Crippen LogP contribution is 2.26. The topological polar surface area (TPSA) is 90.3 Å². The molecule has 0 aliphatic rings. The first-order valence-corrected chi connectivity index (χ1v) is 9.44. The molecule has 0 radical (unpaired) electrons. The van der Waals surface area contributed by atoms with Gasteiger partial charge in [-0.2, -0.15) is 18.4 Å². The molecule has 1 amide bonds. The molecule has 0 aromatic heterocycles. The number of nitrogens with one attached hydrogen (secondary N) is 1. The third-order valence-electron chi connectivity index (χ3n) is 3.75. The number of carbonyl (C=O) groups excluding carboxylic acids is 1. The Morgan fingerprint density at radius 1 is 1.14 bits per heavy atom. The normalized spacial score (nSPS) is 12.7. The van der Waals surface area contributed by atoms with Gasteiger partial charge in [-0.05, 0) is 43.3 Å². The third kappa shape index (κ3) is 5.01. The van der Waals surface area contributed by atoms with Gasteiger partial charge < -0.3 is 5.32 Å². The third-order valence-corrected chi connectivity index (χ3v) is 5.66. The number of para-hydroxylation sites is 1. The largest absolute Gasteiger partial charge is 0.405 e. The van der Waals surface area contributed by atoms with E-state index in [4.69, 9.17) is 5.26 Å². The minimum absolute atomic E-state index is 0.113. The van der Waals surface area contributed by atoms with E-state index in [0.717, 1.165) is 4.31 Å². The van der Waals surface area contributed by atoms with Gasteiger partial charge in [0.25, 0.3) is 10.0 Å². The highest BCUT2D eigenvalue weighted by atomic mass is 32.2. The van der Waals surface area contributed by atoms with E-state index in [2.05, 4.69) is 0 Å². The molecule has 1 atom stereocenters. The second-order valence-corrected chi connectivity index (χ2v) is 7.60. The van der Waals surface area contributed by atoms with Crippen LogP contribution in [0.5, 0.6) is 0 Å².